The molecule has 1 unspecified atom stereocenters. The number of rotatable bonds is 5. The van der Waals surface area contributed by atoms with Crippen molar-refractivity contribution in [3.63, 3.8) is 0 Å². The molecule has 14 heavy (non-hydrogen) atoms. The Balaban J connectivity index is 2.28. The molecular weight excluding hydrogens is 202 g/mol. The van der Waals surface area contributed by atoms with Crippen LogP contribution in [0, 0.1) is 5.92 Å². The third-order valence-electron chi connectivity index (χ3n) is 1.82. The third kappa shape index (κ3) is 3.39. The van der Waals surface area contributed by atoms with Gasteiger partial charge in [0.2, 0.25) is 0 Å². The molecule has 0 saturated carbocycles. The Morgan fingerprint density at radius 3 is 3.14 bits per heavy atom. The molecule has 0 radical (unpaired) electrons. The highest BCUT2D eigenvalue weighted by atomic mass is 32.1. The molecule has 0 bridgehead atoms. The number of nitrogens with one attached hydrogen (secondary N) is 1. The van der Waals surface area contributed by atoms with E-state index in [0.29, 0.717) is 17.8 Å². The lowest BCUT2D eigenvalue weighted by Crippen LogP contribution is -2.28. The van der Waals surface area contributed by atoms with E-state index >= 15 is 0 Å². The first kappa shape index (κ1) is 11.1. The fourth-order valence-electron chi connectivity index (χ4n) is 0.944. The summed E-state index contributed by atoms with van der Waals surface area (Å²) in [4.78, 5) is 11.9. The number of aliphatic hydroxyl groups excluding tert-OH is 1. The molecule has 2 N–H and O–H groups in total. The van der Waals surface area contributed by atoms with E-state index in [0.717, 1.165) is 11.5 Å². The lowest BCUT2D eigenvalue weighted by Gasteiger charge is -2.09. The molecule has 0 aliphatic rings. The van der Waals surface area contributed by atoms with E-state index in [-0.39, 0.29) is 18.4 Å². The van der Waals surface area contributed by atoms with Crippen molar-refractivity contribution in [2.75, 3.05) is 13.2 Å². The van der Waals surface area contributed by atoms with Crippen LogP contribution in [0.5, 0.6) is 0 Å². The molecule has 5 nitrogen and oxygen atoms in total. The van der Waals surface area contributed by atoms with Crippen molar-refractivity contribution in [3.8, 4) is 0 Å². The Morgan fingerprint density at radius 1 is 1.79 bits per heavy atom. The minimum absolute atomic E-state index is 0.148. The first-order chi connectivity index (χ1) is 6.74. The second-order valence-electron chi connectivity index (χ2n) is 3.11. The van der Waals surface area contributed by atoms with Gasteiger partial charge in [0.1, 0.15) is 4.88 Å². The molecule has 0 saturated heterocycles. The predicted molar refractivity (Wildman–Crippen MR) is 53.1 cm³/mol. The van der Waals surface area contributed by atoms with E-state index in [1.54, 1.807) is 0 Å². The second-order valence-corrected chi connectivity index (χ2v) is 3.89. The zero-order valence-electron chi connectivity index (χ0n) is 7.93. The summed E-state index contributed by atoms with van der Waals surface area (Å²) in [6, 6.07) is 0. The van der Waals surface area contributed by atoms with Gasteiger partial charge in [0, 0.05) is 13.2 Å². The van der Waals surface area contributed by atoms with E-state index in [2.05, 4.69) is 14.9 Å². The molecule has 0 fully saturated rings. The van der Waals surface area contributed by atoms with Crippen molar-refractivity contribution in [1.29, 1.82) is 0 Å². The van der Waals surface area contributed by atoms with Gasteiger partial charge in [-0.25, -0.2) is 0 Å². The second kappa shape index (κ2) is 5.66. The lowest BCUT2D eigenvalue weighted by atomic mass is 10.1. The summed E-state index contributed by atoms with van der Waals surface area (Å²) in [6.45, 7) is 2.69. The first-order valence-electron chi connectivity index (χ1n) is 4.40. The molecule has 1 rings (SSSR count). The van der Waals surface area contributed by atoms with Crippen LogP contribution >= 0.6 is 11.5 Å². The zero-order chi connectivity index (χ0) is 10.4. The molecule has 1 aromatic heterocycles. The molecule has 0 aliphatic heterocycles. The molecule has 6 heteroatoms. The van der Waals surface area contributed by atoms with Crippen LogP contribution in [0.15, 0.2) is 6.20 Å². The number of amides is 1. The summed E-state index contributed by atoms with van der Waals surface area (Å²) >= 11 is 1.07. The van der Waals surface area contributed by atoms with Crippen molar-refractivity contribution in [2.24, 2.45) is 5.92 Å². The van der Waals surface area contributed by atoms with Crippen LogP contribution in [0.3, 0.4) is 0 Å². The smallest absolute Gasteiger partial charge is 0.264 e. The van der Waals surface area contributed by atoms with Crippen LogP contribution in [0.2, 0.25) is 0 Å². The van der Waals surface area contributed by atoms with Crippen LogP contribution in [0.25, 0.3) is 0 Å². The maximum atomic E-state index is 11.4. The number of aliphatic hydroxyl groups is 1. The maximum absolute atomic E-state index is 11.4. The molecule has 0 aromatic carbocycles. The first-order valence-corrected chi connectivity index (χ1v) is 5.17. The Bertz CT molecular complexity index is 276. The van der Waals surface area contributed by atoms with Crippen molar-refractivity contribution in [2.45, 2.75) is 13.3 Å². The van der Waals surface area contributed by atoms with Gasteiger partial charge in [-0.05, 0) is 23.9 Å². The summed E-state index contributed by atoms with van der Waals surface area (Å²) in [6.07, 6.45) is 2.14. The average molecular weight is 215 g/mol. The molecule has 1 aromatic rings. The Labute approximate surface area is 86.3 Å². The standard InChI is InChI=1S/C8H13N3O2S/c1-6(2-3-12)4-9-8(13)7-5-10-11-14-7/h5-6,12H,2-4H2,1H3,(H,9,13). The van der Waals surface area contributed by atoms with E-state index in [4.69, 9.17) is 5.11 Å². The summed E-state index contributed by atoms with van der Waals surface area (Å²) in [7, 11) is 0. The van der Waals surface area contributed by atoms with Crippen LogP contribution in [0.1, 0.15) is 23.0 Å². The van der Waals surface area contributed by atoms with Gasteiger partial charge in [-0.1, -0.05) is 11.4 Å². The highest BCUT2D eigenvalue weighted by Gasteiger charge is 2.09. The number of hydrogen-bond donors (Lipinski definition) is 2. The van der Waals surface area contributed by atoms with Crippen molar-refractivity contribution < 1.29 is 9.90 Å². The van der Waals surface area contributed by atoms with Crippen molar-refractivity contribution in [1.82, 2.24) is 14.9 Å². The molecule has 0 aliphatic carbocycles. The fourth-order valence-corrected chi connectivity index (χ4v) is 1.38. The van der Waals surface area contributed by atoms with E-state index < -0.39 is 0 Å². The predicted octanol–water partition coefficient (Wildman–Crippen LogP) is 0.286. The van der Waals surface area contributed by atoms with Crippen LogP contribution in [-0.2, 0) is 0 Å². The average Bonchev–Trinajstić information content (AvgIpc) is 2.67. The van der Waals surface area contributed by atoms with Gasteiger partial charge < -0.3 is 10.4 Å². The van der Waals surface area contributed by atoms with Crippen LogP contribution in [-0.4, -0.2) is 33.8 Å². The molecule has 78 valence electrons. The fraction of sp³-hybridized carbons (Fsp3) is 0.625. The summed E-state index contributed by atoms with van der Waals surface area (Å²) in [5.74, 6) is 0.134. The highest BCUT2D eigenvalue weighted by Crippen LogP contribution is 2.03. The third-order valence-corrected chi connectivity index (χ3v) is 2.48. The topological polar surface area (TPSA) is 75.1 Å². The molecule has 1 amide bonds. The van der Waals surface area contributed by atoms with Gasteiger partial charge in [-0.2, -0.15) is 0 Å². The number of carbonyl (C=O) groups excluding carboxylic acids is 1. The van der Waals surface area contributed by atoms with E-state index in [1.807, 2.05) is 6.92 Å². The van der Waals surface area contributed by atoms with Gasteiger partial charge in [0.15, 0.2) is 0 Å². The van der Waals surface area contributed by atoms with Gasteiger partial charge in [-0.3, -0.25) is 4.79 Å². The molecular formula is C8H13N3O2S. The largest absolute Gasteiger partial charge is 0.396 e. The van der Waals surface area contributed by atoms with Gasteiger partial charge >= 0.3 is 0 Å². The number of hydrogen-bond acceptors (Lipinski definition) is 5. The van der Waals surface area contributed by atoms with E-state index in [1.165, 1.54) is 6.20 Å². The van der Waals surface area contributed by atoms with Gasteiger partial charge in [-0.15, -0.1) is 5.10 Å². The van der Waals surface area contributed by atoms with Gasteiger partial charge in [0.05, 0.1) is 6.20 Å². The highest BCUT2D eigenvalue weighted by molar-refractivity contribution is 7.07. The van der Waals surface area contributed by atoms with Crippen molar-refractivity contribution in [3.05, 3.63) is 11.1 Å². The lowest BCUT2D eigenvalue weighted by molar-refractivity contribution is 0.0949. The molecule has 1 heterocycles. The van der Waals surface area contributed by atoms with Crippen molar-refractivity contribution >= 4 is 17.4 Å². The Morgan fingerprint density at radius 2 is 2.57 bits per heavy atom. The van der Waals surface area contributed by atoms with E-state index in [9.17, 15) is 4.79 Å². The summed E-state index contributed by atoms with van der Waals surface area (Å²) in [5, 5.41) is 15.0. The number of carbonyl (C=O) groups is 1. The van der Waals surface area contributed by atoms with Crippen LogP contribution < -0.4 is 5.32 Å². The van der Waals surface area contributed by atoms with Crippen LogP contribution in [0.4, 0.5) is 0 Å². The number of aromatic nitrogens is 2. The summed E-state index contributed by atoms with van der Waals surface area (Å²) < 4.78 is 3.60. The van der Waals surface area contributed by atoms with Gasteiger partial charge in [0.25, 0.3) is 5.91 Å². The Kier molecular flexibility index (Phi) is 4.48. The minimum Gasteiger partial charge on any atom is -0.396 e. The minimum atomic E-state index is -0.148. The number of nitrogens with zero attached hydrogens (tertiary/aromatic N) is 2. The quantitative estimate of drug-likeness (QED) is 0.740. The normalized spacial score (nSPS) is 12.4. The summed E-state index contributed by atoms with van der Waals surface area (Å²) in [5.41, 5.74) is 0. The monoisotopic (exact) mass is 215 g/mol. The molecule has 1 atom stereocenters. The Hall–Kier alpha value is -1.01. The zero-order valence-corrected chi connectivity index (χ0v) is 8.75. The maximum Gasteiger partial charge on any atom is 0.264 e. The SMILES string of the molecule is CC(CCO)CNC(=O)c1cnns1. The molecule has 0 spiro atoms.